The van der Waals surface area contributed by atoms with Crippen molar-refractivity contribution in [2.75, 3.05) is 40.4 Å². The molecule has 0 aromatic heterocycles. The van der Waals surface area contributed by atoms with E-state index in [1.54, 1.807) is 42.2 Å². The van der Waals surface area contributed by atoms with Crippen LogP contribution < -0.4 is 9.47 Å². The third-order valence-corrected chi connectivity index (χ3v) is 4.75. The van der Waals surface area contributed by atoms with Crippen LogP contribution in [0.3, 0.4) is 0 Å². The van der Waals surface area contributed by atoms with Crippen LogP contribution in [0, 0.1) is 0 Å². The van der Waals surface area contributed by atoms with Gasteiger partial charge in [0.25, 0.3) is 5.91 Å². The molecule has 2 aromatic carbocycles. The number of ether oxygens (including phenoxy) is 2. The lowest BCUT2D eigenvalue weighted by atomic mass is 10.1. The summed E-state index contributed by atoms with van der Waals surface area (Å²) >= 11 is 0. The van der Waals surface area contributed by atoms with Gasteiger partial charge in [0.15, 0.2) is 0 Å². The molecule has 6 nitrogen and oxygen atoms in total. The van der Waals surface area contributed by atoms with E-state index in [1.807, 2.05) is 42.5 Å². The molecule has 0 unspecified atom stereocenters. The average molecular weight is 380 g/mol. The topological polar surface area (TPSA) is 59.1 Å². The van der Waals surface area contributed by atoms with Gasteiger partial charge in [-0.05, 0) is 30.3 Å². The highest BCUT2D eigenvalue weighted by atomic mass is 16.5. The van der Waals surface area contributed by atoms with Gasteiger partial charge in [-0.1, -0.05) is 18.2 Å². The first kappa shape index (κ1) is 19.5. The zero-order valence-corrected chi connectivity index (χ0v) is 16.1. The maximum absolute atomic E-state index is 12.5. The van der Waals surface area contributed by atoms with E-state index in [0.29, 0.717) is 43.2 Å². The highest BCUT2D eigenvalue weighted by Gasteiger charge is 2.23. The number of nitrogens with zero attached hydrogens (tertiary/aromatic N) is 2. The van der Waals surface area contributed by atoms with Crippen molar-refractivity contribution >= 4 is 17.9 Å². The fourth-order valence-corrected chi connectivity index (χ4v) is 3.12. The van der Waals surface area contributed by atoms with E-state index in [4.69, 9.17) is 9.47 Å². The van der Waals surface area contributed by atoms with E-state index in [2.05, 4.69) is 0 Å². The van der Waals surface area contributed by atoms with Gasteiger partial charge >= 0.3 is 0 Å². The molecular formula is C22H24N2O4. The molecule has 0 saturated carbocycles. The van der Waals surface area contributed by atoms with Gasteiger partial charge in [0.2, 0.25) is 5.91 Å². The highest BCUT2D eigenvalue weighted by Crippen LogP contribution is 2.25. The lowest BCUT2D eigenvalue weighted by molar-refractivity contribution is -0.127. The molecular weight excluding hydrogens is 356 g/mol. The third kappa shape index (κ3) is 4.52. The van der Waals surface area contributed by atoms with Crippen LogP contribution in [0.1, 0.15) is 15.9 Å². The van der Waals surface area contributed by atoms with Gasteiger partial charge < -0.3 is 19.3 Å². The fraction of sp³-hybridized carbons (Fsp3) is 0.273. The molecule has 1 aliphatic heterocycles. The molecule has 1 saturated heterocycles. The van der Waals surface area contributed by atoms with Crippen molar-refractivity contribution in [2.24, 2.45) is 0 Å². The standard InChI is InChI=1S/C22H24N2O4/c1-27-19-10-8-17(20(16-19)28-2)9-11-21(25)23-12-14-24(15-13-23)22(26)18-6-4-3-5-7-18/h3-11,16H,12-15H2,1-2H3/b11-9+. The normalized spacial score (nSPS) is 14.2. The Hall–Kier alpha value is -3.28. The van der Waals surface area contributed by atoms with Gasteiger partial charge in [-0.3, -0.25) is 9.59 Å². The molecule has 1 aliphatic rings. The Bertz CT molecular complexity index is 856. The number of benzene rings is 2. The molecule has 0 radical (unpaired) electrons. The number of hydrogen-bond donors (Lipinski definition) is 0. The molecule has 28 heavy (non-hydrogen) atoms. The largest absolute Gasteiger partial charge is 0.497 e. The minimum atomic E-state index is -0.0790. The van der Waals surface area contributed by atoms with Crippen LogP contribution in [0.15, 0.2) is 54.6 Å². The Labute approximate surface area is 165 Å². The van der Waals surface area contributed by atoms with E-state index in [9.17, 15) is 9.59 Å². The van der Waals surface area contributed by atoms with E-state index in [0.717, 1.165) is 5.56 Å². The molecule has 0 N–H and O–H groups in total. The fourth-order valence-electron chi connectivity index (χ4n) is 3.12. The molecule has 0 aliphatic carbocycles. The van der Waals surface area contributed by atoms with Crippen molar-refractivity contribution in [1.29, 1.82) is 0 Å². The Morgan fingerprint density at radius 3 is 2.21 bits per heavy atom. The van der Waals surface area contributed by atoms with Crippen LogP contribution >= 0.6 is 0 Å². The van der Waals surface area contributed by atoms with Crippen molar-refractivity contribution in [2.45, 2.75) is 0 Å². The lowest BCUT2D eigenvalue weighted by Crippen LogP contribution is -2.50. The predicted molar refractivity (Wildman–Crippen MR) is 108 cm³/mol. The first-order chi connectivity index (χ1) is 13.6. The van der Waals surface area contributed by atoms with E-state index in [-0.39, 0.29) is 11.8 Å². The smallest absolute Gasteiger partial charge is 0.253 e. The summed E-state index contributed by atoms with van der Waals surface area (Å²) in [5, 5.41) is 0. The summed E-state index contributed by atoms with van der Waals surface area (Å²) in [6, 6.07) is 14.7. The van der Waals surface area contributed by atoms with Crippen LogP contribution in [0.5, 0.6) is 11.5 Å². The first-order valence-corrected chi connectivity index (χ1v) is 9.15. The monoisotopic (exact) mass is 380 g/mol. The Morgan fingerprint density at radius 2 is 1.57 bits per heavy atom. The van der Waals surface area contributed by atoms with Crippen LogP contribution in [0.2, 0.25) is 0 Å². The van der Waals surface area contributed by atoms with Crippen LogP contribution in [0.4, 0.5) is 0 Å². The molecule has 6 heteroatoms. The highest BCUT2D eigenvalue weighted by molar-refractivity contribution is 5.95. The van der Waals surface area contributed by atoms with Crippen molar-refractivity contribution in [3.63, 3.8) is 0 Å². The number of carbonyl (C=O) groups excluding carboxylic acids is 2. The number of piperazine rings is 1. The molecule has 0 atom stereocenters. The maximum Gasteiger partial charge on any atom is 0.253 e. The lowest BCUT2D eigenvalue weighted by Gasteiger charge is -2.34. The van der Waals surface area contributed by atoms with E-state index >= 15 is 0 Å². The third-order valence-electron chi connectivity index (χ3n) is 4.75. The quantitative estimate of drug-likeness (QED) is 0.749. The summed E-state index contributed by atoms with van der Waals surface area (Å²) in [5.74, 6) is 1.26. The zero-order chi connectivity index (χ0) is 19.9. The number of carbonyl (C=O) groups is 2. The van der Waals surface area contributed by atoms with Gasteiger partial charge in [0.05, 0.1) is 14.2 Å². The molecule has 2 amide bonds. The van der Waals surface area contributed by atoms with Crippen LogP contribution in [-0.4, -0.2) is 62.0 Å². The zero-order valence-electron chi connectivity index (χ0n) is 16.1. The van der Waals surface area contributed by atoms with Gasteiger partial charge in [0.1, 0.15) is 11.5 Å². The summed E-state index contributed by atoms with van der Waals surface area (Å²) in [6.45, 7) is 2.08. The molecule has 2 aromatic rings. The van der Waals surface area contributed by atoms with Crippen molar-refractivity contribution in [3.8, 4) is 11.5 Å². The number of methoxy groups -OCH3 is 2. The molecule has 146 valence electrons. The Kier molecular flexibility index (Phi) is 6.32. The second-order valence-electron chi connectivity index (χ2n) is 6.42. The second-order valence-corrected chi connectivity index (χ2v) is 6.42. The molecule has 0 bridgehead atoms. The first-order valence-electron chi connectivity index (χ1n) is 9.15. The number of hydrogen-bond acceptors (Lipinski definition) is 4. The van der Waals surface area contributed by atoms with Gasteiger partial charge in [-0.2, -0.15) is 0 Å². The number of rotatable bonds is 5. The van der Waals surface area contributed by atoms with E-state index in [1.165, 1.54) is 0 Å². The molecule has 0 spiro atoms. The summed E-state index contributed by atoms with van der Waals surface area (Å²) in [4.78, 5) is 28.5. The SMILES string of the molecule is COc1ccc(/C=C/C(=O)N2CCN(C(=O)c3ccccc3)CC2)c(OC)c1. The summed E-state index contributed by atoms with van der Waals surface area (Å²) < 4.78 is 10.5. The van der Waals surface area contributed by atoms with Gasteiger partial charge in [0, 0.05) is 49.4 Å². The van der Waals surface area contributed by atoms with Crippen LogP contribution in [-0.2, 0) is 4.79 Å². The van der Waals surface area contributed by atoms with Crippen LogP contribution in [0.25, 0.3) is 6.08 Å². The summed E-state index contributed by atoms with van der Waals surface area (Å²) in [7, 11) is 3.17. The van der Waals surface area contributed by atoms with Gasteiger partial charge in [-0.25, -0.2) is 0 Å². The number of amides is 2. The predicted octanol–water partition coefficient (Wildman–Crippen LogP) is 2.70. The average Bonchev–Trinajstić information content (AvgIpc) is 2.77. The molecule has 3 rings (SSSR count). The second kappa shape index (κ2) is 9.08. The minimum Gasteiger partial charge on any atom is -0.497 e. The van der Waals surface area contributed by atoms with Gasteiger partial charge in [-0.15, -0.1) is 0 Å². The Balaban J connectivity index is 1.58. The molecule has 1 fully saturated rings. The Morgan fingerprint density at radius 1 is 0.893 bits per heavy atom. The maximum atomic E-state index is 12.5. The summed E-state index contributed by atoms with van der Waals surface area (Å²) in [6.07, 6.45) is 3.28. The summed E-state index contributed by atoms with van der Waals surface area (Å²) in [5.41, 5.74) is 1.48. The van der Waals surface area contributed by atoms with Crippen molar-refractivity contribution in [3.05, 3.63) is 65.7 Å². The minimum absolute atomic E-state index is 0.00575. The van der Waals surface area contributed by atoms with Crippen molar-refractivity contribution in [1.82, 2.24) is 9.80 Å². The molecule has 1 heterocycles. The van der Waals surface area contributed by atoms with Crippen molar-refractivity contribution < 1.29 is 19.1 Å². The van der Waals surface area contributed by atoms with E-state index < -0.39 is 0 Å².